The molecule has 1 N–H and O–H groups in total. The fourth-order valence-corrected chi connectivity index (χ4v) is 3.54. The molecule has 9 nitrogen and oxygen atoms in total. The van der Waals surface area contributed by atoms with Gasteiger partial charge in [0.2, 0.25) is 5.88 Å². The van der Waals surface area contributed by atoms with Gasteiger partial charge in [0.1, 0.15) is 24.6 Å². The zero-order valence-electron chi connectivity index (χ0n) is 16.0. The highest BCUT2D eigenvalue weighted by Crippen LogP contribution is 2.33. The zero-order valence-corrected chi connectivity index (χ0v) is 16.0. The molecular formula is C19H18F2N6O3. The standard InChI is InChI=1S/C19H18F2N6O3/c1-10-8-30-19-11(2-12(20)3-22-19)5-26-6-13(21)9-29-15-7-27-16(25-17(15)26)14(4-23-27)18(28)24-10/h2-4,7,10,13H,5-6,8-9H2,1H3,(H,24,28)/t10-,13-/m1/s1. The number of fused-ring (bicyclic) bond motifs is 1. The van der Waals surface area contributed by atoms with Crippen molar-refractivity contribution in [2.75, 3.05) is 24.7 Å². The molecule has 3 aromatic rings. The first-order chi connectivity index (χ1) is 14.5. The molecule has 3 aromatic heterocycles. The van der Waals surface area contributed by atoms with Crippen LogP contribution in [0.25, 0.3) is 5.65 Å². The largest absolute Gasteiger partial charge is 0.485 e. The number of carbonyl (C=O) groups excluding carboxylic acids is 1. The van der Waals surface area contributed by atoms with Gasteiger partial charge in [-0.1, -0.05) is 0 Å². The summed E-state index contributed by atoms with van der Waals surface area (Å²) in [6.07, 6.45) is 2.73. The quantitative estimate of drug-likeness (QED) is 0.594. The number of nitrogens with one attached hydrogen (secondary N) is 1. The highest BCUT2D eigenvalue weighted by Gasteiger charge is 2.28. The van der Waals surface area contributed by atoms with Gasteiger partial charge >= 0.3 is 0 Å². The maximum atomic E-state index is 14.4. The zero-order chi connectivity index (χ0) is 20.8. The van der Waals surface area contributed by atoms with Crippen LogP contribution in [-0.4, -0.2) is 57.5 Å². The summed E-state index contributed by atoms with van der Waals surface area (Å²) in [6, 6.07) is 0.937. The van der Waals surface area contributed by atoms with Gasteiger partial charge < -0.3 is 19.7 Å². The van der Waals surface area contributed by atoms with Crippen molar-refractivity contribution in [1.29, 1.82) is 0 Å². The SMILES string of the molecule is C[C@@H]1COc2ncc(F)cc2CN2C[C@@H](F)COc3cn4ncc(c4nc32)C(=O)N1. The van der Waals surface area contributed by atoms with Gasteiger partial charge in [0.25, 0.3) is 5.91 Å². The van der Waals surface area contributed by atoms with Crippen LogP contribution in [0.15, 0.2) is 24.7 Å². The number of halogens is 2. The lowest BCUT2D eigenvalue weighted by molar-refractivity contribution is 0.0927. The summed E-state index contributed by atoms with van der Waals surface area (Å²) in [5.41, 5.74) is 1.01. The third-order valence-corrected chi connectivity index (χ3v) is 4.92. The van der Waals surface area contributed by atoms with Gasteiger partial charge in [-0.15, -0.1) is 0 Å². The van der Waals surface area contributed by atoms with Gasteiger partial charge in [0, 0.05) is 5.56 Å². The average molecular weight is 416 g/mol. The summed E-state index contributed by atoms with van der Waals surface area (Å²) < 4.78 is 41.1. The lowest BCUT2D eigenvalue weighted by Gasteiger charge is -2.24. The Labute approximate surface area is 169 Å². The fourth-order valence-electron chi connectivity index (χ4n) is 3.54. The third-order valence-electron chi connectivity index (χ3n) is 4.92. The minimum atomic E-state index is -1.30. The molecule has 2 atom stereocenters. The van der Waals surface area contributed by atoms with Gasteiger partial charge in [-0.2, -0.15) is 5.10 Å². The minimum absolute atomic E-state index is 0.0296. The number of anilines is 1. The van der Waals surface area contributed by atoms with Crippen molar-refractivity contribution >= 4 is 17.4 Å². The van der Waals surface area contributed by atoms with Crippen LogP contribution in [0, 0.1) is 5.82 Å². The molecule has 0 aromatic carbocycles. The molecule has 1 amide bonds. The van der Waals surface area contributed by atoms with E-state index in [2.05, 4.69) is 20.4 Å². The molecule has 0 saturated carbocycles. The molecule has 0 fully saturated rings. The van der Waals surface area contributed by atoms with Crippen LogP contribution in [0.3, 0.4) is 0 Å². The van der Waals surface area contributed by atoms with Crippen molar-refractivity contribution < 1.29 is 23.0 Å². The molecule has 156 valence electrons. The summed E-state index contributed by atoms with van der Waals surface area (Å²) >= 11 is 0. The van der Waals surface area contributed by atoms with Crippen LogP contribution in [0.2, 0.25) is 0 Å². The Hall–Kier alpha value is -3.50. The van der Waals surface area contributed by atoms with E-state index in [1.165, 1.54) is 16.8 Å². The normalized spacial score (nSPS) is 21.4. The Morgan fingerprint density at radius 1 is 1.27 bits per heavy atom. The topological polar surface area (TPSA) is 93.9 Å². The Morgan fingerprint density at radius 3 is 3.00 bits per heavy atom. The van der Waals surface area contributed by atoms with E-state index in [0.717, 1.165) is 6.20 Å². The van der Waals surface area contributed by atoms with Crippen molar-refractivity contribution in [3.8, 4) is 11.6 Å². The van der Waals surface area contributed by atoms with Crippen molar-refractivity contribution in [1.82, 2.24) is 24.9 Å². The van der Waals surface area contributed by atoms with E-state index in [1.54, 1.807) is 18.0 Å². The molecule has 2 bridgehead atoms. The van der Waals surface area contributed by atoms with E-state index in [-0.39, 0.29) is 49.7 Å². The van der Waals surface area contributed by atoms with Gasteiger partial charge in [-0.3, -0.25) is 4.79 Å². The van der Waals surface area contributed by atoms with Crippen LogP contribution < -0.4 is 19.7 Å². The van der Waals surface area contributed by atoms with Crippen molar-refractivity contribution in [2.24, 2.45) is 0 Å². The van der Waals surface area contributed by atoms with E-state index in [0.29, 0.717) is 22.8 Å². The molecule has 0 aliphatic carbocycles. The van der Waals surface area contributed by atoms with Crippen LogP contribution >= 0.6 is 0 Å². The first kappa shape index (κ1) is 18.5. The number of hydrogen-bond donors (Lipinski definition) is 1. The van der Waals surface area contributed by atoms with Crippen molar-refractivity contribution in [2.45, 2.75) is 25.7 Å². The second kappa shape index (κ2) is 7.08. The molecule has 2 aliphatic heterocycles. The maximum absolute atomic E-state index is 14.4. The number of rotatable bonds is 0. The van der Waals surface area contributed by atoms with Crippen LogP contribution in [-0.2, 0) is 6.54 Å². The van der Waals surface area contributed by atoms with E-state index in [4.69, 9.17) is 9.47 Å². The van der Waals surface area contributed by atoms with Crippen LogP contribution in [0.5, 0.6) is 11.6 Å². The molecule has 0 spiro atoms. The summed E-state index contributed by atoms with van der Waals surface area (Å²) in [7, 11) is 0. The Kier molecular flexibility index (Phi) is 4.37. The Bertz CT molecular complexity index is 1140. The molecule has 2 aliphatic rings. The van der Waals surface area contributed by atoms with Crippen LogP contribution in [0.1, 0.15) is 22.8 Å². The van der Waals surface area contributed by atoms with E-state index >= 15 is 0 Å². The number of aromatic nitrogens is 4. The number of amides is 1. The number of carbonyl (C=O) groups is 1. The average Bonchev–Trinajstić information content (AvgIpc) is 3.06. The number of nitrogens with zero attached hydrogens (tertiary/aromatic N) is 5. The second-order valence-electron chi connectivity index (χ2n) is 7.35. The van der Waals surface area contributed by atoms with Crippen molar-refractivity contribution in [3.63, 3.8) is 0 Å². The van der Waals surface area contributed by atoms with Gasteiger partial charge in [0.15, 0.2) is 23.4 Å². The van der Waals surface area contributed by atoms with Gasteiger partial charge in [-0.25, -0.2) is 23.3 Å². The second-order valence-corrected chi connectivity index (χ2v) is 7.35. The predicted molar refractivity (Wildman–Crippen MR) is 101 cm³/mol. The Balaban J connectivity index is 1.70. The molecule has 5 rings (SSSR count). The van der Waals surface area contributed by atoms with Crippen LogP contribution in [0.4, 0.5) is 14.6 Å². The smallest absolute Gasteiger partial charge is 0.257 e. The van der Waals surface area contributed by atoms with E-state index in [1.807, 2.05) is 0 Å². The molecule has 5 heterocycles. The maximum Gasteiger partial charge on any atom is 0.257 e. The first-order valence-corrected chi connectivity index (χ1v) is 9.46. The lowest BCUT2D eigenvalue weighted by Crippen LogP contribution is -2.37. The lowest BCUT2D eigenvalue weighted by atomic mass is 10.2. The number of ether oxygens (including phenoxy) is 2. The molecule has 30 heavy (non-hydrogen) atoms. The highest BCUT2D eigenvalue weighted by atomic mass is 19.1. The number of pyridine rings is 1. The summed E-state index contributed by atoms with van der Waals surface area (Å²) in [4.78, 5) is 23.0. The molecular weight excluding hydrogens is 398 g/mol. The Morgan fingerprint density at radius 2 is 2.13 bits per heavy atom. The minimum Gasteiger partial charge on any atom is -0.485 e. The summed E-state index contributed by atoms with van der Waals surface area (Å²) in [6.45, 7) is 1.80. The molecule has 11 heteroatoms. The molecule has 0 unspecified atom stereocenters. The molecule has 0 radical (unpaired) electrons. The first-order valence-electron chi connectivity index (χ1n) is 9.46. The fraction of sp³-hybridized carbons (Fsp3) is 0.368. The number of hydrogen-bond acceptors (Lipinski definition) is 7. The van der Waals surface area contributed by atoms with Crippen molar-refractivity contribution in [3.05, 3.63) is 41.6 Å². The predicted octanol–water partition coefficient (Wildman–Crippen LogP) is 1.51. The van der Waals surface area contributed by atoms with Gasteiger partial charge in [-0.05, 0) is 13.0 Å². The molecule has 0 saturated heterocycles. The van der Waals surface area contributed by atoms with E-state index in [9.17, 15) is 13.6 Å². The third kappa shape index (κ3) is 3.25. The van der Waals surface area contributed by atoms with E-state index < -0.39 is 12.0 Å². The highest BCUT2D eigenvalue weighted by molar-refractivity contribution is 6.00. The number of alkyl halides is 1. The summed E-state index contributed by atoms with van der Waals surface area (Å²) in [5, 5.41) is 7.00. The summed E-state index contributed by atoms with van der Waals surface area (Å²) in [5.74, 6) is -0.0485. The van der Waals surface area contributed by atoms with Gasteiger partial charge in [0.05, 0.1) is 37.7 Å². The monoisotopic (exact) mass is 416 g/mol.